The summed E-state index contributed by atoms with van der Waals surface area (Å²) in [6.45, 7) is 1.63. The average Bonchev–Trinajstić information content (AvgIpc) is 2.88. The zero-order chi connectivity index (χ0) is 24.0. The van der Waals surface area contributed by atoms with Crippen molar-refractivity contribution >= 4 is 22.5 Å². The molecule has 8 nitrogen and oxygen atoms in total. The predicted molar refractivity (Wildman–Crippen MR) is 125 cm³/mol. The molecule has 8 heteroatoms. The summed E-state index contributed by atoms with van der Waals surface area (Å²) in [5, 5.41) is 10.8. The van der Waals surface area contributed by atoms with Gasteiger partial charge in [0.05, 0.1) is 33.0 Å². The number of hydrogen-bond donors (Lipinski definition) is 1. The first-order chi connectivity index (χ1) is 16.7. The minimum absolute atomic E-state index is 0.0387. The topological polar surface area (TPSA) is 101 Å². The van der Waals surface area contributed by atoms with Crippen LogP contribution in [0.15, 0.2) is 66.7 Å². The zero-order valence-electron chi connectivity index (χ0n) is 18.8. The highest BCUT2D eigenvalue weighted by Crippen LogP contribution is 2.20. The van der Waals surface area contributed by atoms with Gasteiger partial charge in [0.25, 0.3) is 5.78 Å². The summed E-state index contributed by atoms with van der Waals surface area (Å²) in [4.78, 5) is 24.1. The van der Waals surface area contributed by atoms with Crippen LogP contribution >= 0.6 is 0 Å². The highest BCUT2D eigenvalue weighted by molar-refractivity contribution is 6.40. The van der Waals surface area contributed by atoms with Crippen LogP contribution in [-0.2, 0) is 19.0 Å². The molecule has 0 amide bonds. The second-order valence-corrected chi connectivity index (χ2v) is 7.14. The molecule has 0 saturated carbocycles. The van der Waals surface area contributed by atoms with E-state index in [-0.39, 0.29) is 32.0 Å². The molecular formula is C26H28O8. The summed E-state index contributed by atoms with van der Waals surface area (Å²) in [5.74, 6) is -0.360. The van der Waals surface area contributed by atoms with Crippen molar-refractivity contribution in [3.63, 3.8) is 0 Å². The second-order valence-electron chi connectivity index (χ2n) is 7.14. The van der Waals surface area contributed by atoms with E-state index in [4.69, 9.17) is 28.8 Å². The molecule has 0 atom stereocenters. The fourth-order valence-corrected chi connectivity index (χ4v) is 3.04. The molecule has 1 N–H and O–H groups in total. The smallest absolute Gasteiger partial charge is 0.379 e. The number of carbonyl (C=O) groups is 2. The molecule has 0 saturated heterocycles. The summed E-state index contributed by atoms with van der Waals surface area (Å²) in [6.07, 6.45) is 0. The van der Waals surface area contributed by atoms with Gasteiger partial charge >= 0.3 is 5.97 Å². The van der Waals surface area contributed by atoms with Crippen molar-refractivity contribution in [2.75, 3.05) is 52.9 Å². The Bertz CT molecular complexity index is 1050. The molecule has 34 heavy (non-hydrogen) atoms. The Morgan fingerprint density at radius 1 is 0.647 bits per heavy atom. The number of Topliss-reactive ketones (excluding diaryl/α,β-unsaturated/α-hetero) is 1. The van der Waals surface area contributed by atoms with Crippen molar-refractivity contribution in [2.45, 2.75) is 0 Å². The average molecular weight is 469 g/mol. The summed E-state index contributed by atoms with van der Waals surface area (Å²) in [7, 11) is 0. The quantitative estimate of drug-likeness (QED) is 0.157. The number of ketones is 1. The summed E-state index contributed by atoms with van der Waals surface area (Å²) in [5.41, 5.74) is 0.211. The summed E-state index contributed by atoms with van der Waals surface area (Å²) >= 11 is 0. The van der Waals surface area contributed by atoms with Crippen LogP contribution in [0.5, 0.6) is 11.5 Å². The maximum atomic E-state index is 12.2. The van der Waals surface area contributed by atoms with Gasteiger partial charge in [0.1, 0.15) is 31.3 Å². The maximum Gasteiger partial charge on any atom is 0.379 e. The lowest BCUT2D eigenvalue weighted by Gasteiger charge is -2.10. The minimum Gasteiger partial charge on any atom is -0.490 e. The van der Waals surface area contributed by atoms with Crippen molar-refractivity contribution in [3.05, 3.63) is 72.3 Å². The van der Waals surface area contributed by atoms with Crippen LogP contribution < -0.4 is 9.47 Å². The molecule has 3 aromatic rings. The predicted octanol–water partition coefficient (Wildman–Crippen LogP) is 3.05. The Morgan fingerprint density at radius 3 is 2.00 bits per heavy atom. The third-order valence-electron chi connectivity index (χ3n) is 4.71. The monoisotopic (exact) mass is 468 g/mol. The zero-order valence-corrected chi connectivity index (χ0v) is 18.8. The van der Waals surface area contributed by atoms with E-state index in [0.717, 1.165) is 16.5 Å². The third kappa shape index (κ3) is 8.15. The Kier molecular flexibility index (Phi) is 10.3. The van der Waals surface area contributed by atoms with Crippen molar-refractivity contribution in [2.24, 2.45) is 0 Å². The first kappa shape index (κ1) is 25.2. The summed E-state index contributed by atoms with van der Waals surface area (Å²) < 4.78 is 26.5. The number of hydrogen-bond acceptors (Lipinski definition) is 8. The SMILES string of the molecule is O=C(OCCOCCOCCO)C(=O)c1ccc(OCCOc2ccc3ccccc3c2)cc1. The number of fused-ring (bicyclic) bond motifs is 1. The van der Waals surface area contributed by atoms with Gasteiger partial charge in [-0.05, 0) is 47.2 Å². The number of carbonyl (C=O) groups excluding carboxylic acids is 2. The Morgan fingerprint density at radius 2 is 1.26 bits per heavy atom. The lowest BCUT2D eigenvalue weighted by atomic mass is 10.1. The minimum atomic E-state index is -0.947. The number of benzene rings is 3. The first-order valence-corrected chi connectivity index (χ1v) is 11.0. The molecule has 0 bridgehead atoms. The van der Waals surface area contributed by atoms with Gasteiger partial charge in [0.15, 0.2) is 0 Å². The molecule has 3 aromatic carbocycles. The molecule has 0 aromatic heterocycles. The van der Waals surface area contributed by atoms with Crippen LogP contribution in [0.4, 0.5) is 0 Å². The van der Waals surface area contributed by atoms with Crippen LogP contribution in [0.25, 0.3) is 10.8 Å². The van der Waals surface area contributed by atoms with E-state index >= 15 is 0 Å². The molecule has 0 fully saturated rings. The van der Waals surface area contributed by atoms with E-state index in [2.05, 4.69) is 0 Å². The molecule has 3 rings (SSSR count). The number of rotatable bonds is 15. The largest absolute Gasteiger partial charge is 0.490 e. The van der Waals surface area contributed by atoms with Gasteiger partial charge in [-0.15, -0.1) is 0 Å². The fraction of sp³-hybridized carbons (Fsp3) is 0.308. The molecule has 0 aliphatic carbocycles. The van der Waals surface area contributed by atoms with Crippen LogP contribution in [0, 0.1) is 0 Å². The standard InChI is InChI=1S/C26H28O8/c27-11-12-30-13-14-31-15-16-34-26(29)25(28)21-6-8-23(9-7-21)32-17-18-33-24-10-5-20-3-1-2-4-22(20)19-24/h1-10,19,27H,11-18H2. The number of aliphatic hydroxyl groups excluding tert-OH is 1. The van der Waals surface area contributed by atoms with Crippen LogP contribution in [0.2, 0.25) is 0 Å². The van der Waals surface area contributed by atoms with Crippen LogP contribution in [0.3, 0.4) is 0 Å². The van der Waals surface area contributed by atoms with E-state index in [9.17, 15) is 9.59 Å². The molecule has 0 radical (unpaired) electrons. The van der Waals surface area contributed by atoms with Gasteiger partial charge in [0.2, 0.25) is 0 Å². The molecular weight excluding hydrogens is 440 g/mol. The van der Waals surface area contributed by atoms with Gasteiger partial charge in [-0.1, -0.05) is 30.3 Å². The number of ether oxygens (including phenoxy) is 5. The lowest BCUT2D eigenvalue weighted by molar-refractivity contribution is -0.139. The highest BCUT2D eigenvalue weighted by Gasteiger charge is 2.17. The van der Waals surface area contributed by atoms with Crippen molar-refractivity contribution in [3.8, 4) is 11.5 Å². The molecule has 0 unspecified atom stereocenters. The molecule has 0 heterocycles. The van der Waals surface area contributed by atoms with Crippen molar-refractivity contribution in [1.29, 1.82) is 0 Å². The first-order valence-electron chi connectivity index (χ1n) is 11.0. The molecule has 0 aliphatic rings. The maximum absolute atomic E-state index is 12.2. The third-order valence-corrected chi connectivity index (χ3v) is 4.71. The Labute approximate surface area is 198 Å². The van der Waals surface area contributed by atoms with E-state index in [0.29, 0.717) is 32.2 Å². The Hall–Kier alpha value is -3.46. The molecule has 180 valence electrons. The number of esters is 1. The normalized spacial score (nSPS) is 10.7. The van der Waals surface area contributed by atoms with Crippen LogP contribution in [0.1, 0.15) is 10.4 Å². The second kappa shape index (κ2) is 13.9. The van der Waals surface area contributed by atoms with Gasteiger partial charge in [-0.2, -0.15) is 0 Å². The van der Waals surface area contributed by atoms with Crippen LogP contribution in [-0.4, -0.2) is 69.7 Å². The number of aliphatic hydroxyl groups is 1. The van der Waals surface area contributed by atoms with Gasteiger partial charge < -0.3 is 28.8 Å². The van der Waals surface area contributed by atoms with E-state index in [1.165, 1.54) is 12.1 Å². The Balaban J connectivity index is 1.33. The van der Waals surface area contributed by atoms with Crippen molar-refractivity contribution < 1.29 is 38.4 Å². The van der Waals surface area contributed by atoms with Gasteiger partial charge in [-0.25, -0.2) is 4.79 Å². The van der Waals surface area contributed by atoms with E-state index in [1.54, 1.807) is 12.1 Å². The fourth-order valence-electron chi connectivity index (χ4n) is 3.04. The highest BCUT2D eigenvalue weighted by atomic mass is 16.6. The van der Waals surface area contributed by atoms with Gasteiger partial charge in [0, 0.05) is 5.56 Å². The van der Waals surface area contributed by atoms with Gasteiger partial charge in [-0.3, -0.25) is 4.79 Å². The van der Waals surface area contributed by atoms with Crippen molar-refractivity contribution in [1.82, 2.24) is 0 Å². The molecule has 0 spiro atoms. The molecule has 0 aliphatic heterocycles. The lowest BCUT2D eigenvalue weighted by Crippen LogP contribution is -2.20. The van der Waals surface area contributed by atoms with E-state index in [1.807, 2.05) is 42.5 Å². The summed E-state index contributed by atoms with van der Waals surface area (Å²) in [6, 6.07) is 20.2. The van der Waals surface area contributed by atoms with E-state index < -0.39 is 11.8 Å².